The van der Waals surface area contributed by atoms with Crippen LogP contribution >= 0.6 is 0 Å². The van der Waals surface area contributed by atoms with E-state index in [1.165, 1.54) is 18.5 Å². The fourth-order valence-corrected chi connectivity index (χ4v) is 3.98. The number of hydrogen-bond donors (Lipinski definition) is 1. The second-order valence-electron chi connectivity index (χ2n) is 7.10. The molecular weight excluding hydrogens is 328 g/mol. The van der Waals surface area contributed by atoms with E-state index in [1.807, 2.05) is 29.2 Å². The molecular formula is C18H26N8. The molecule has 0 aromatic carbocycles. The number of likely N-dealkylation sites (tertiary alicyclic amines) is 1. The summed E-state index contributed by atoms with van der Waals surface area (Å²) in [6.45, 7) is 4.06. The minimum atomic E-state index is 0.369. The average molecular weight is 354 g/mol. The van der Waals surface area contributed by atoms with Gasteiger partial charge in [-0.15, -0.1) is 15.3 Å². The van der Waals surface area contributed by atoms with E-state index in [1.54, 1.807) is 0 Å². The highest BCUT2D eigenvalue weighted by molar-refractivity contribution is 5.44. The molecule has 138 valence electrons. The van der Waals surface area contributed by atoms with E-state index in [0.29, 0.717) is 12.0 Å². The maximum atomic E-state index is 4.66. The van der Waals surface area contributed by atoms with Gasteiger partial charge in [0.15, 0.2) is 11.5 Å². The Morgan fingerprint density at radius 3 is 2.88 bits per heavy atom. The van der Waals surface area contributed by atoms with Crippen molar-refractivity contribution in [3.63, 3.8) is 0 Å². The Labute approximate surface area is 153 Å². The molecule has 8 heteroatoms. The van der Waals surface area contributed by atoms with Crippen molar-refractivity contribution in [1.82, 2.24) is 34.3 Å². The van der Waals surface area contributed by atoms with Gasteiger partial charge in [-0.05, 0) is 44.5 Å². The van der Waals surface area contributed by atoms with Crippen molar-refractivity contribution in [2.24, 2.45) is 13.0 Å². The monoisotopic (exact) mass is 354 g/mol. The van der Waals surface area contributed by atoms with Gasteiger partial charge in [-0.2, -0.15) is 4.52 Å². The topological polar surface area (TPSA) is 76.2 Å². The van der Waals surface area contributed by atoms with Gasteiger partial charge in [-0.3, -0.25) is 4.90 Å². The van der Waals surface area contributed by atoms with Crippen LogP contribution in [0.1, 0.15) is 37.3 Å². The van der Waals surface area contributed by atoms with Gasteiger partial charge < -0.3 is 9.88 Å². The number of hydrogen-bond acceptors (Lipinski definition) is 6. The van der Waals surface area contributed by atoms with Gasteiger partial charge in [0.05, 0.1) is 18.1 Å². The molecule has 0 saturated carbocycles. The number of aromatic nitrogens is 6. The summed E-state index contributed by atoms with van der Waals surface area (Å²) in [5.74, 6) is 2.26. The van der Waals surface area contributed by atoms with Gasteiger partial charge in [0.25, 0.3) is 0 Å². The van der Waals surface area contributed by atoms with Gasteiger partial charge in [-0.25, -0.2) is 4.98 Å². The Morgan fingerprint density at radius 1 is 1.23 bits per heavy atom. The maximum absolute atomic E-state index is 4.66. The molecule has 1 aliphatic rings. The molecule has 0 aliphatic carbocycles. The minimum absolute atomic E-state index is 0.369. The number of nitrogens with zero attached hydrogens (tertiary/aromatic N) is 7. The van der Waals surface area contributed by atoms with E-state index >= 15 is 0 Å². The fourth-order valence-electron chi connectivity index (χ4n) is 3.98. The molecule has 26 heavy (non-hydrogen) atoms. The zero-order valence-corrected chi connectivity index (χ0v) is 15.6. The smallest absolute Gasteiger partial charge is 0.178 e. The summed E-state index contributed by atoms with van der Waals surface area (Å²) in [5, 5.41) is 16.5. The third-order valence-electron chi connectivity index (χ3n) is 5.35. The number of imidazole rings is 1. The van der Waals surface area contributed by atoms with E-state index in [9.17, 15) is 0 Å². The van der Waals surface area contributed by atoms with Crippen molar-refractivity contribution in [3.8, 4) is 0 Å². The number of anilines is 1. The largest absolute Gasteiger partial charge is 0.368 e. The number of rotatable bonds is 5. The average Bonchev–Trinajstić information content (AvgIpc) is 3.25. The summed E-state index contributed by atoms with van der Waals surface area (Å²) in [6.07, 6.45) is 7.11. The molecule has 0 bridgehead atoms. The van der Waals surface area contributed by atoms with Crippen LogP contribution in [0.15, 0.2) is 24.7 Å². The van der Waals surface area contributed by atoms with Gasteiger partial charge in [0, 0.05) is 26.2 Å². The molecule has 2 atom stereocenters. The summed E-state index contributed by atoms with van der Waals surface area (Å²) in [5.41, 5.74) is 2.06. The Balaban J connectivity index is 1.53. The third-order valence-corrected chi connectivity index (χ3v) is 5.35. The van der Waals surface area contributed by atoms with E-state index in [2.05, 4.69) is 56.1 Å². The summed E-state index contributed by atoms with van der Waals surface area (Å²) >= 11 is 0. The number of fused-ring (bicyclic) bond motifs is 1. The number of nitrogens with one attached hydrogen (secondary N) is 1. The van der Waals surface area contributed by atoms with Crippen LogP contribution in [0.4, 0.5) is 5.82 Å². The van der Waals surface area contributed by atoms with Crippen molar-refractivity contribution >= 4 is 11.5 Å². The first-order valence-corrected chi connectivity index (χ1v) is 9.29. The second-order valence-corrected chi connectivity index (χ2v) is 7.10. The summed E-state index contributed by atoms with van der Waals surface area (Å²) in [4.78, 5) is 6.76. The van der Waals surface area contributed by atoms with Crippen molar-refractivity contribution in [2.45, 2.75) is 32.2 Å². The SMILES string of the molecule is CCc1nnc2ccc(NC[C@@H]3CCCN(C)[C@H]3c3cncn3C)nn12. The molecule has 1 fully saturated rings. The molecule has 1 N–H and O–H groups in total. The maximum Gasteiger partial charge on any atom is 0.178 e. The van der Waals surface area contributed by atoms with Gasteiger partial charge in [-0.1, -0.05) is 6.92 Å². The van der Waals surface area contributed by atoms with E-state index in [-0.39, 0.29) is 0 Å². The van der Waals surface area contributed by atoms with Crippen molar-refractivity contribution in [2.75, 3.05) is 25.5 Å². The van der Waals surface area contributed by atoms with Crippen LogP contribution in [0.2, 0.25) is 0 Å². The van der Waals surface area contributed by atoms with Crippen molar-refractivity contribution in [1.29, 1.82) is 0 Å². The van der Waals surface area contributed by atoms with Crippen LogP contribution in [0.3, 0.4) is 0 Å². The fraction of sp³-hybridized carbons (Fsp3) is 0.556. The standard InChI is InChI=1S/C18H26N8/c1-4-16-21-22-17-8-7-15(23-26(16)17)20-10-13-6-5-9-24(2)18(13)14-11-19-12-25(14)3/h7-8,11-13,18H,4-6,9-10H2,1-3H3,(H,20,23)/t13-,18+/m0/s1. The number of aryl methyl sites for hydroxylation is 2. The molecule has 0 unspecified atom stereocenters. The van der Waals surface area contributed by atoms with Gasteiger partial charge >= 0.3 is 0 Å². The Hall–Kier alpha value is -2.48. The molecule has 4 rings (SSSR count). The van der Waals surface area contributed by atoms with E-state index < -0.39 is 0 Å². The molecule has 4 heterocycles. The molecule has 1 saturated heterocycles. The normalized spacial score (nSPS) is 21.3. The third kappa shape index (κ3) is 3.05. The second kappa shape index (κ2) is 7.03. The highest BCUT2D eigenvalue weighted by Crippen LogP contribution is 2.34. The summed E-state index contributed by atoms with van der Waals surface area (Å²) < 4.78 is 3.96. The first-order valence-electron chi connectivity index (χ1n) is 9.29. The molecule has 0 spiro atoms. The summed E-state index contributed by atoms with van der Waals surface area (Å²) in [6, 6.07) is 4.32. The summed E-state index contributed by atoms with van der Waals surface area (Å²) in [7, 11) is 4.28. The Morgan fingerprint density at radius 2 is 2.12 bits per heavy atom. The lowest BCUT2D eigenvalue weighted by atomic mass is 9.87. The molecule has 1 aliphatic heterocycles. The van der Waals surface area contributed by atoms with Crippen LogP contribution in [0, 0.1) is 5.92 Å². The van der Waals surface area contributed by atoms with E-state index in [4.69, 9.17) is 0 Å². The van der Waals surface area contributed by atoms with Crippen LogP contribution in [-0.2, 0) is 13.5 Å². The van der Waals surface area contributed by atoms with Crippen LogP contribution in [0.25, 0.3) is 5.65 Å². The lowest BCUT2D eigenvalue weighted by Crippen LogP contribution is -2.39. The first-order chi connectivity index (χ1) is 12.7. The molecule has 0 amide bonds. The minimum Gasteiger partial charge on any atom is -0.368 e. The van der Waals surface area contributed by atoms with Crippen molar-refractivity contribution < 1.29 is 0 Å². The number of piperidine rings is 1. The van der Waals surface area contributed by atoms with E-state index in [0.717, 1.165) is 36.8 Å². The van der Waals surface area contributed by atoms with Crippen LogP contribution in [-0.4, -0.2) is 54.4 Å². The molecule has 3 aromatic rings. The van der Waals surface area contributed by atoms with Crippen LogP contribution < -0.4 is 5.32 Å². The van der Waals surface area contributed by atoms with Gasteiger partial charge in [0.1, 0.15) is 5.82 Å². The molecule has 3 aromatic heterocycles. The van der Waals surface area contributed by atoms with Gasteiger partial charge in [0.2, 0.25) is 0 Å². The first kappa shape index (κ1) is 17.0. The highest BCUT2D eigenvalue weighted by atomic mass is 15.4. The Kier molecular flexibility index (Phi) is 4.58. The molecule has 0 radical (unpaired) electrons. The lowest BCUT2D eigenvalue weighted by molar-refractivity contribution is 0.122. The predicted molar refractivity (Wildman–Crippen MR) is 100.0 cm³/mol. The zero-order valence-electron chi connectivity index (χ0n) is 15.6. The van der Waals surface area contributed by atoms with Crippen LogP contribution in [0.5, 0.6) is 0 Å². The quantitative estimate of drug-likeness (QED) is 0.754. The predicted octanol–water partition coefficient (Wildman–Crippen LogP) is 1.92. The highest BCUT2D eigenvalue weighted by Gasteiger charge is 2.32. The Bertz CT molecular complexity index is 882. The lowest BCUT2D eigenvalue weighted by Gasteiger charge is -2.39. The zero-order chi connectivity index (χ0) is 18.1. The van der Waals surface area contributed by atoms with Crippen molar-refractivity contribution in [3.05, 3.63) is 36.2 Å². The molecule has 8 nitrogen and oxygen atoms in total.